The first-order valence-electron chi connectivity index (χ1n) is 6.76. The summed E-state index contributed by atoms with van der Waals surface area (Å²) in [4.78, 5) is 8.40. The average molecular weight is 277 g/mol. The summed E-state index contributed by atoms with van der Waals surface area (Å²) >= 11 is 0. The van der Waals surface area contributed by atoms with Crippen LogP contribution in [0.1, 0.15) is 31.4 Å². The summed E-state index contributed by atoms with van der Waals surface area (Å²) in [6.45, 7) is 5.05. The molecule has 2 rings (SSSR count). The molecule has 0 spiro atoms. The van der Waals surface area contributed by atoms with Gasteiger partial charge >= 0.3 is 0 Å². The standard InChI is InChI=1S/C14H20FN5/c1-10(2)8-20-13(18-9-19-20)7-12(16-3)14-11(15)5-4-6-17-14/h4-6,9-10,12,16H,7-8H2,1-3H3. The van der Waals surface area contributed by atoms with E-state index in [2.05, 4.69) is 34.2 Å². The third-order valence-corrected chi connectivity index (χ3v) is 3.09. The van der Waals surface area contributed by atoms with Gasteiger partial charge in [-0.3, -0.25) is 4.98 Å². The predicted molar refractivity (Wildman–Crippen MR) is 74.6 cm³/mol. The smallest absolute Gasteiger partial charge is 0.146 e. The molecule has 0 aliphatic carbocycles. The van der Waals surface area contributed by atoms with Crippen molar-refractivity contribution in [2.24, 2.45) is 5.92 Å². The average Bonchev–Trinajstić information content (AvgIpc) is 2.83. The van der Waals surface area contributed by atoms with Crippen LogP contribution >= 0.6 is 0 Å². The van der Waals surface area contributed by atoms with Crippen molar-refractivity contribution < 1.29 is 4.39 Å². The van der Waals surface area contributed by atoms with Gasteiger partial charge in [-0.2, -0.15) is 5.10 Å². The number of aromatic nitrogens is 4. The minimum absolute atomic E-state index is 0.216. The molecule has 0 bridgehead atoms. The molecule has 5 nitrogen and oxygen atoms in total. The van der Waals surface area contributed by atoms with Gasteiger partial charge in [-0.1, -0.05) is 13.8 Å². The molecular formula is C14H20FN5. The highest BCUT2D eigenvalue weighted by Crippen LogP contribution is 2.18. The number of likely N-dealkylation sites (N-methyl/N-ethyl adjacent to an activating group) is 1. The third-order valence-electron chi connectivity index (χ3n) is 3.09. The molecule has 0 aliphatic heterocycles. The largest absolute Gasteiger partial charge is 0.311 e. The molecule has 0 aromatic carbocycles. The molecular weight excluding hydrogens is 257 g/mol. The summed E-state index contributed by atoms with van der Waals surface area (Å²) in [6, 6.07) is 2.80. The Labute approximate surface area is 118 Å². The minimum atomic E-state index is -0.304. The lowest BCUT2D eigenvalue weighted by Gasteiger charge is -2.16. The molecule has 0 radical (unpaired) electrons. The number of halogens is 1. The van der Waals surface area contributed by atoms with Gasteiger partial charge in [0.15, 0.2) is 0 Å². The fraction of sp³-hybridized carbons (Fsp3) is 0.500. The van der Waals surface area contributed by atoms with Crippen LogP contribution in [0.5, 0.6) is 0 Å². The van der Waals surface area contributed by atoms with Crippen LogP contribution in [0.2, 0.25) is 0 Å². The van der Waals surface area contributed by atoms with E-state index in [4.69, 9.17) is 0 Å². The second-order valence-electron chi connectivity index (χ2n) is 5.17. The van der Waals surface area contributed by atoms with E-state index in [0.29, 0.717) is 18.0 Å². The van der Waals surface area contributed by atoms with Gasteiger partial charge in [0.05, 0.1) is 11.7 Å². The van der Waals surface area contributed by atoms with Gasteiger partial charge in [-0.15, -0.1) is 0 Å². The lowest BCUT2D eigenvalue weighted by Crippen LogP contribution is -2.23. The molecule has 20 heavy (non-hydrogen) atoms. The zero-order valence-corrected chi connectivity index (χ0v) is 12.0. The Morgan fingerprint density at radius 2 is 2.15 bits per heavy atom. The van der Waals surface area contributed by atoms with Crippen molar-refractivity contribution in [2.75, 3.05) is 7.05 Å². The van der Waals surface area contributed by atoms with Crippen molar-refractivity contribution >= 4 is 0 Å². The zero-order chi connectivity index (χ0) is 14.5. The Hall–Kier alpha value is -1.82. The van der Waals surface area contributed by atoms with Crippen LogP contribution in [0.3, 0.4) is 0 Å². The van der Waals surface area contributed by atoms with Crippen molar-refractivity contribution in [3.63, 3.8) is 0 Å². The van der Waals surface area contributed by atoms with E-state index >= 15 is 0 Å². The second-order valence-corrected chi connectivity index (χ2v) is 5.17. The molecule has 1 N–H and O–H groups in total. The van der Waals surface area contributed by atoms with E-state index in [1.165, 1.54) is 6.07 Å². The van der Waals surface area contributed by atoms with E-state index in [0.717, 1.165) is 12.4 Å². The third kappa shape index (κ3) is 3.39. The highest BCUT2D eigenvalue weighted by Gasteiger charge is 2.19. The van der Waals surface area contributed by atoms with Gasteiger partial charge in [0.25, 0.3) is 0 Å². The van der Waals surface area contributed by atoms with E-state index in [-0.39, 0.29) is 11.9 Å². The number of rotatable bonds is 6. The monoisotopic (exact) mass is 277 g/mol. The number of hydrogen-bond donors (Lipinski definition) is 1. The van der Waals surface area contributed by atoms with Crippen LogP contribution in [0.25, 0.3) is 0 Å². The lowest BCUT2D eigenvalue weighted by molar-refractivity contribution is 0.443. The van der Waals surface area contributed by atoms with Crippen molar-refractivity contribution in [3.8, 4) is 0 Å². The Bertz CT molecular complexity index is 552. The topological polar surface area (TPSA) is 55.6 Å². The molecule has 1 atom stereocenters. The maximum atomic E-state index is 13.8. The summed E-state index contributed by atoms with van der Waals surface area (Å²) in [5.74, 6) is 1.01. The molecule has 0 fully saturated rings. The Kier molecular flexibility index (Phi) is 4.79. The normalized spacial score (nSPS) is 12.8. The SMILES string of the molecule is CNC(Cc1ncnn1CC(C)C)c1ncccc1F. The van der Waals surface area contributed by atoms with E-state index < -0.39 is 0 Å². The summed E-state index contributed by atoms with van der Waals surface area (Å²) < 4.78 is 15.7. The van der Waals surface area contributed by atoms with Crippen LogP contribution in [-0.2, 0) is 13.0 Å². The Morgan fingerprint density at radius 1 is 1.35 bits per heavy atom. The maximum Gasteiger partial charge on any atom is 0.146 e. The second kappa shape index (κ2) is 6.56. The summed E-state index contributed by atoms with van der Waals surface area (Å²) in [7, 11) is 1.79. The molecule has 2 aromatic heterocycles. The molecule has 1 unspecified atom stereocenters. The fourth-order valence-electron chi connectivity index (χ4n) is 2.12. The van der Waals surface area contributed by atoms with Crippen LogP contribution in [0, 0.1) is 11.7 Å². The van der Waals surface area contributed by atoms with Gasteiger partial charge < -0.3 is 5.32 Å². The van der Waals surface area contributed by atoms with Crippen LogP contribution in [0.4, 0.5) is 4.39 Å². The first-order chi connectivity index (χ1) is 9.61. The van der Waals surface area contributed by atoms with Crippen molar-refractivity contribution in [1.82, 2.24) is 25.1 Å². The van der Waals surface area contributed by atoms with Crippen LogP contribution < -0.4 is 5.32 Å². The predicted octanol–water partition coefficient (Wildman–Crippen LogP) is 1.97. The van der Waals surface area contributed by atoms with Gasteiger partial charge in [0, 0.05) is 19.2 Å². The van der Waals surface area contributed by atoms with E-state index in [1.54, 1.807) is 25.6 Å². The summed E-state index contributed by atoms with van der Waals surface area (Å²) in [5, 5.41) is 7.32. The van der Waals surface area contributed by atoms with Crippen LogP contribution in [0.15, 0.2) is 24.7 Å². The fourth-order valence-corrected chi connectivity index (χ4v) is 2.12. The highest BCUT2D eigenvalue weighted by molar-refractivity contribution is 5.13. The van der Waals surface area contributed by atoms with Crippen molar-refractivity contribution in [3.05, 3.63) is 42.0 Å². The van der Waals surface area contributed by atoms with Gasteiger partial charge in [-0.05, 0) is 25.1 Å². The molecule has 0 saturated heterocycles. The van der Waals surface area contributed by atoms with Gasteiger partial charge in [-0.25, -0.2) is 14.1 Å². The molecule has 6 heteroatoms. The molecule has 0 saturated carbocycles. The quantitative estimate of drug-likeness (QED) is 0.877. The molecule has 2 aromatic rings. The molecule has 2 heterocycles. The number of hydrogen-bond acceptors (Lipinski definition) is 4. The van der Waals surface area contributed by atoms with E-state index in [1.807, 2.05) is 4.68 Å². The lowest BCUT2D eigenvalue weighted by atomic mass is 10.1. The zero-order valence-electron chi connectivity index (χ0n) is 12.0. The highest BCUT2D eigenvalue weighted by atomic mass is 19.1. The maximum absolute atomic E-state index is 13.8. The molecule has 0 amide bonds. The number of nitrogens with zero attached hydrogens (tertiary/aromatic N) is 4. The van der Waals surface area contributed by atoms with Crippen LogP contribution in [-0.4, -0.2) is 26.8 Å². The van der Waals surface area contributed by atoms with Crippen molar-refractivity contribution in [2.45, 2.75) is 32.9 Å². The van der Waals surface area contributed by atoms with Crippen molar-refractivity contribution in [1.29, 1.82) is 0 Å². The summed E-state index contributed by atoms with van der Waals surface area (Å²) in [6.07, 6.45) is 3.69. The molecule has 108 valence electrons. The van der Waals surface area contributed by atoms with Gasteiger partial charge in [0.2, 0.25) is 0 Å². The first kappa shape index (κ1) is 14.6. The van der Waals surface area contributed by atoms with Gasteiger partial charge in [0.1, 0.15) is 18.0 Å². The Morgan fingerprint density at radius 3 is 2.80 bits per heavy atom. The summed E-state index contributed by atoms with van der Waals surface area (Å²) in [5.41, 5.74) is 0.411. The Balaban J connectivity index is 2.19. The molecule has 0 aliphatic rings. The first-order valence-corrected chi connectivity index (χ1v) is 6.76. The number of nitrogens with one attached hydrogen (secondary N) is 1. The number of pyridine rings is 1. The van der Waals surface area contributed by atoms with E-state index in [9.17, 15) is 4.39 Å². The minimum Gasteiger partial charge on any atom is -0.311 e.